The highest BCUT2D eigenvalue weighted by Crippen LogP contribution is 2.20. The van der Waals surface area contributed by atoms with Gasteiger partial charge in [-0.15, -0.1) is 12.4 Å². The van der Waals surface area contributed by atoms with Gasteiger partial charge in [0.1, 0.15) is 0 Å². The fourth-order valence-corrected chi connectivity index (χ4v) is 2.77. The lowest BCUT2D eigenvalue weighted by Crippen LogP contribution is -2.37. The predicted molar refractivity (Wildman–Crippen MR) is 88.0 cm³/mol. The molecule has 116 valence electrons. The van der Waals surface area contributed by atoms with Gasteiger partial charge >= 0.3 is 5.97 Å². The van der Waals surface area contributed by atoms with Crippen molar-refractivity contribution in [1.29, 1.82) is 0 Å². The van der Waals surface area contributed by atoms with Gasteiger partial charge in [-0.05, 0) is 38.3 Å². The van der Waals surface area contributed by atoms with Crippen molar-refractivity contribution >= 4 is 18.4 Å². The molecule has 0 saturated carbocycles. The molecule has 1 aromatic carbocycles. The third-order valence-electron chi connectivity index (χ3n) is 4.05. The quantitative estimate of drug-likeness (QED) is 0.817. The molecule has 1 unspecified atom stereocenters. The Kier molecular flexibility index (Phi) is 7.48. The minimum Gasteiger partial charge on any atom is -0.478 e. The predicted octanol–water partition coefficient (Wildman–Crippen LogP) is 3.54. The summed E-state index contributed by atoms with van der Waals surface area (Å²) in [6.45, 7) is 0.568. The van der Waals surface area contributed by atoms with Crippen LogP contribution in [0.25, 0.3) is 0 Å². The van der Waals surface area contributed by atoms with Crippen molar-refractivity contribution in [3.63, 3.8) is 0 Å². The number of carboxylic acids is 1. The normalized spacial score (nSPS) is 18.7. The second-order valence-electron chi connectivity index (χ2n) is 5.57. The number of carbonyl (C=O) groups is 1. The fourth-order valence-electron chi connectivity index (χ4n) is 2.77. The van der Waals surface area contributed by atoms with Crippen LogP contribution in [0.4, 0.5) is 0 Å². The van der Waals surface area contributed by atoms with Gasteiger partial charge in [-0.3, -0.25) is 4.90 Å². The Hall–Kier alpha value is -1.32. The Bertz CT molecular complexity index is 473. The minimum atomic E-state index is -0.778. The van der Waals surface area contributed by atoms with Crippen molar-refractivity contribution in [1.82, 2.24) is 4.90 Å². The molecule has 3 nitrogen and oxygen atoms in total. The number of nitrogens with zero attached hydrogens (tertiary/aromatic N) is 1. The molecule has 0 aliphatic carbocycles. The number of benzene rings is 1. The summed E-state index contributed by atoms with van der Waals surface area (Å²) < 4.78 is 0. The van der Waals surface area contributed by atoms with Crippen molar-refractivity contribution in [2.75, 3.05) is 13.6 Å². The first kappa shape index (κ1) is 17.7. The first-order chi connectivity index (χ1) is 9.66. The molecule has 0 radical (unpaired) electrons. The number of hydrogen-bond donors (Lipinski definition) is 1. The largest absolute Gasteiger partial charge is 0.478 e. The van der Waals surface area contributed by atoms with E-state index in [0.29, 0.717) is 18.2 Å². The average Bonchev–Trinajstić information content (AvgIpc) is 2.46. The maximum Gasteiger partial charge on any atom is 0.332 e. The van der Waals surface area contributed by atoms with Crippen LogP contribution in [0.15, 0.2) is 42.0 Å². The van der Waals surface area contributed by atoms with Crippen molar-refractivity contribution < 1.29 is 9.90 Å². The number of aliphatic carboxylic acids is 1. The summed E-state index contributed by atoms with van der Waals surface area (Å²) in [5, 5.41) is 8.99. The second-order valence-corrected chi connectivity index (χ2v) is 5.57. The Morgan fingerprint density at radius 3 is 2.62 bits per heavy atom. The molecule has 1 atom stereocenters. The van der Waals surface area contributed by atoms with Crippen molar-refractivity contribution in [2.24, 2.45) is 0 Å². The van der Waals surface area contributed by atoms with E-state index in [1.165, 1.54) is 18.4 Å². The molecule has 0 spiro atoms. The van der Waals surface area contributed by atoms with Crippen LogP contribution in [0.2, 0.25) is 0 Å². The number of aryl methyl sites for hydroxylation is 1. The molecule has 1 aromatic rings. The fraction of sp³-hybridized carbons (Fsp3) is 0.471. The molecule has 0 saturated heterocycles. The highest BCUT2D eigenvalue weighted by Gasteiger charge is 2.22. The van der Waals surface area contributed by atoms with Gasteiger partial charge in [-0.2, -0.15) is 0 Å². The maximum atomic E-state index is 10.9. The highest BCUT2D eigenvalue weighted by molar-refractivity contribution is 5.87. The van der Waals surface area contributed by atoms with Crippen molar-refractivity contribution in [2.45, 2.75) is 38.1 Å². The number of likely N-dealkylation sites (N-methyl/N-ethyl adjacent to an activating group) is 1. The van der Waals surface area contributed by atoms with Gasteiger partial charge in [0.05, 0.1) is 0 Å². The van der Waals surface area contributed by atoms with Crippen LogP contribution in [-0.2, 0) is 11.2 Å². The molecule has 1 aliphatic rings. The first-order valence-corrected chi connectivity index (χ1v) is 7.33. The van der Waals surface area contributed by atoms with Crippen LogP contribution in [0.3, 0.4) is 0 Å². The Morgan fingerprint density at radius 2 is 2.00 bits per heavy atom. The van der Waals surface area contributed by atoms with Crippen LogP contribution < -0.4 is 0 Å². The summed E-state index contributed by atoms with van der Waals surface area (Å²) in [7, 11) is 2.03. The van der Waals surface area contributed by atoms with E-state index < -0.39 is 5.97 Å². The molecular weight excluding hydrogens is 286 g/mol. The van der Waals surface area contributed by atoms with Gasteiger partial charge in [0.25, 0.3) is 0 Å². The zero-order chi connectivity index (χ0) is 14.4. The van der Waals surface area contributed by atoms with E-state index in [-0.39, 0.29) is 12.4 Å². The van der Waals surface area contributed by atoms with E-state index >= 15 is 0 Å². The van der Waals surface area contributed by atoms with Gasteiger partial charge < -0.3 is 5.11 Å². The summed E-state index contributed by atoms with van der Waals surface area (Å²) in [6, 6.07) is 11.1. The summed E-state index contributed by atoms with van der Waals surface area (Å²) in [6.07, 6.45) is 7.43. The number of carboxylic acid groups (broad SMARTS) is 1. The monoisotopic (exact) mass is 309 g/mol. The van der Waals surface area contributed by atoms with Crippen LogP contribution >= 0.6 is 12.4 Å². The van der Waals surface area contributed by atoms with Crippen molar-refractivity contribution in [3.05, 3.63) is 47.5 Å². The molecule has 0 fully saturated rings. The third-order valence-corrected chi connectivity index (χ3v) is 4.05. The van der Waals surface area contributed by atoms with Gasteiger partial charge in [-0.25, -0.2) is 4.79 Å². The standard InChI is InChI=1S/C17H23NO2.ClH/c1-18-13-15(17(19)20)11-12-16(18)10-6-5-9-14-7-3-2-4-8-14;/h2-4,7-8,11,16H,5-6,9-10,12-13H2,1H3,(H,19,20);1H. The number of halogens is 1. The third kappa shape index (κ3) is 5.52. The SMILES string of the molecule is CN1CC(C(=O)O)=CCC1CCCCc1ccccc1.Cl. The Balaban J connectivity index is 0.00000220. The topological polar surface area (TPSA) is 40.5 Å². The molecular formula is C17H24ClNO2. The van der Waals surface area contributed by atoms with Gasteiger partial charge in [0, 0.05) is 18.2 Å². The molecule has 1 aliphatic heterocycles. The molecule has 1 N–H and O–H groups in total. The van der Waals surface area contributed by atoms with E-state index in [1.54, 1.807) is 0 Å². The Morgan fingerprint density at radius 1 is 1.29 bits per heavy atom. The van der Waals surface area contributed by atoms with Crippen LogP contribution in [-0.4, -0.2) is 35.6 Å². The summed E-state index contributed by atoms with van der Waals surface area (Å²) >= 11 is 0. The lowest BCUT2D eigenvalue weighted by Gasteiger charge is -2.31. The van der Waals surface area contributed by atoms with E-state index in [9.17, 15) is 4.79 Å². The van der Waals surface area contributed by atoms with E-state index in [4.69, 9.17) is 5.11 Å². The van der Waals surface area contributed by atoms with E-state index in [0.717, 1.165) is 19.3 Å². The molecule has 0 amide bonds. The number of unbranched alkanes of at least 4 members (excludes halogenated alkanes) is 1. The zero-order valence-corrected chi connectivity index (χ0v) is 13.3. The van der Waals surface area contributed by atoms with Crippen molar-refractivity contribution in [3.8, 4) is 0 Å². The smallest absolute Gasteiger partial charge is 0.332 e. The second kappa shape index (κ2) is 8.85. The number of rotatable bonds is 6. The van der Waals surface area contributed by atoms with Gasteiger partial charge in [0.15, 0.2) is 0 Å². The maximum absolute atomic E-state index is 10.9. The Labute approximate surface area is 133 Å². The molecule has 1 heterocycles. The molecule has 21 heavy (non-hydrogen) atoms. The van der Waals surface area contributed by atoms with Gasteiger partial charge in [0.2, 0.25) is 0 Å². The summed E-state index contributed by atoms with van der Waals surface area (Å²) in [4.78, 5) is 13.1. The van der Waals surface area contributed by atoms with Gasteiger partial charge in [-0.1, -0.05) is 42.8 Å². The van der Waals surface area contributed by atoms with Crippen LogP contribution in [0.1, 0.15) is 31.2 Å². The van der Waals surface area contributed by atoms with E-state index in [2.05, 4.69) is 29.2 Å². The molecule has 4 heteroatoms. The molecule has 2 rings (SSSR count). The first-order valence-electron chi connectivity index (χ1n) is 7.33. The van der Waals surface area contributed by atoms with Crippen LogP contribution in [0, 0.1) is 0 Å². The number of hydrogen-bond acceptors (Lipinski definition) is 2. The zero-order valence-electron chi connectivity index (χ0n) is 12.5. The minimum absolute atomic E-state index is 0. The highest BCUT2D eigenvalue weighted by atomic mass is 35.5. The van der Waals surface area contributed by atoms with Crippen LogP contribution in [0.5, 0.6) is 0 Å². The summed E-state index contributed by atoms with van der Waals surface area (Å²) in [5.41, 5.74) is 1.94. The lowest BCUT2D eigenvalue weighted by atomic mass is 9.97. The average molecular weight is 310 g/mol. The molecule has 0 aromatic heterocycles. The molecule has 0 bridgehead atoms. The lowest BCUT2D eigenvalue weighted by molar-refractivity contribution is -0.133. The van der Waals surface area contributed by atoms with E-state index in [1.807, 2.05) is 19.2 Å². The summed E-state index contributed by atoms with van der Waals surface area (Å²) in [5.74, 6) is -0.778.